The van der Waals surface area contributed by atoms with Gasteiger partial charge in [0.05, 0.1) is 58.0 Å². The Labute approximate surface area is 379 Å². The minimum absolute atomic E-state index is 0.0744. The zero-order chi connectivity index (χ0) is 43.7. The van der Waals surface area contributed by atoms with Crippen LogP contribution in [0.2, 0.25) is 5.02 Å². The lowest BCUT2D eigenvalue weighted by Gasteiger charge is -2.24. The number of aromatic amines is 1. The molecule has 320 valence electrons. The maximum Gasteiger partial charge on any atom is 0.103 e. The van der Waals surface area contributed by atoms with E-state index >= 15 is 0 Å². The molecule has 2 unspecified atom stereocenters. The molecule has 0 bridgehead atoms. The molecule has 2 fully saturated rings. The molecule has 10 rings (SSSR count). The van der Waals surface area contributed by atoms with Crippen molar-refractivity contribution in [1.29, 1.82) is 10.5 Å². The number of H-pyrrole nitrogens is 1. The Balaban J connectivity index is 0.000000153. The molecule has 0 spiro atoms. The molecule has 0 amide bonds. The molecule has 14 nitrogen and oxygen atoms in total. The summed E-state index contributed by atoms with van der Waals surface area (Å²) in [5, 5.41) is 46.8. The van der Waals surface area contributed by atoms with Crippen molar-refractivity contribution < 1.29 is 0 Å². The molecule has 2 saturated heterocycles. The molecule has 17 heteroatoms. The smallest absolute Gasteiger partial charge is 0.103 e. The van der Waals surface area contributed by atoms with Crippen LogP contribution in [0.1, 0.15) is 78.3 Å². The van der Waals surface area contributed by atoms with Gasteiger partial charge in [-0.1, -0.05) is 29.8 Å². The predicted octanol–water partition coefficient (Wildman–Crippen LogP) is 9.41. The van der Waals surface area contributed by atoms with Crippen LogP contribution in [0.25, 0.3) is 33.3 Å². The van der Waals surface area contributed by atoms with Crippen LogP contribution in [0, 0.1) is 36.5 Å². The van der Waals surface area contributed by atoms with Crippen molar-refractivity contribution in [1.82, 2.24) is 59.8 Å². The standard InChI is InChI=1S/C22H21N7S.C19H15ClN6S.C5H11N/c1-15-20(13-27-29(15)18-4-2-6-24-11-18)16-8-21(30-19-5-3-7-25-12-19)22-17(9-23)10-26-28(22)14-16;1-11-5-22-9-16(20)18(11)12(2)27-17-3-13(15-6-23-24-7-15)10-26-19(17)14(4-21)8-25-26;1-2-4-6-5-3-1/h3,5,7-8,10,12-14,18,24H,2,4,6,11H2,1H3;3,5-10,12H,1-2H3,(H,23,24);6H,1-5H2. The highest BCUT2D eigenvalue weighted by Gasteiger charge is 2.22. The molecule has 0 saturated carbocycles. The number of hydrogen-bond donors (Lipinski definition) is 3. The van der Waals surface area contributed by atoms with Gasteiger partial charge in [-0.05, 0) is 101 Å². The second kappa shape index (κ2) is 20.4. The van der Waals surface area contributed by atoms with Crippen LogP contribution in [0.4, 0.5) is 0 Å². The summed E-state index contributed by atoms with van der Waals surface area (Å²) >= 11 is 9.64. The molecule has 10 heterocycles. The normalized spacial score (nSPS) is 15.4. The minimum atomic E-state index is 0.0744. The van der Waals surface area contributed by atoms with Crippen molar-refractivity contribution >= 4 is 46.2 Å². The number of hydrogen-bond acceptors (Lipinski definition) is 12. The third kappa shape index (κ3) is 9.96. The van der Waals surface area contributed by atoms with Crippen LogP contribution in [0.5, 0.6) is 0 Å². The molecule has 8 aromatic rings. The number of aromatic nitrogens is 10. The molecule has 0 radical (unpaired) electrons. The first kappa shape index (κ1) is 43.6. The number of nitrogens with one attached hydrogen (secondary N) is 3. The summed E-state index contributed by atoms with van der Waals surface area (Å²) < 4.78 is 5.69. The van der Waals surface area contributed by atoms with Gasteiger partial charge in [0.25, 0.3) is 0 Å². The van der Waals surface area contributed by atoms with E-state index in [9.17, 15) is 10.5 Å². The van der Waals surface area contributed by atoms with Gasteiger partial charge in [0.2, 0.25) is 0 Å². The Morgan fingerprint density at radius 1 is 0.794 bits per heavy atom. The quantitative estimate of drug-likeness (QED) is 0.123. The number of pyridine rings is 4. The monoisotopic (exact) mass is 894 g/mol. The van der Waals surface area contributed by atoms with E-state index in [0.717, 1.165) is 84.3 Å². The van der Waals surface area contributed by atoms with Crippen molar-refractivity contribution in [2.75, 3.05) is 26.2 Å². The first-order valence-electron chi connectivity index (χ1n) is 21.0. The topological polar surface area (TPSA) is 179 Å². The predicted molar refractivity (Wildman–Crippen MR) is 248 cm³/mol. The number of thioether (sulfide) groups is 1. The van der Waals surface area contributed by atoms with Crippen molar-refractivity contribution in [3.05, 3.63) is 125 Å². The third-order valence-electron chi connectivity index (χ3n) is 11.1. The van der Waals surface area contributed by atoms with E-state index in [1.807, 2.05) is 56.2 Å². The van der Waals surface area contributed by atoms with Gasteiger partial charge in [-0.3, -0.25) is 19.7 Å². The lowest BCUT2D eigenvalue weighted by molar-refractivity contribution is 0.342. The number of fused-ring (bicyclic) bond motifs is 2. The van der Waals surface area contributed by atoms with E-state index in [4.69, 9.17) is 16.7 Å². The highest BCUT2D eigenvalue weighted by molar-refractivity contribution is 8.00. The Hall–Kier alpha value is -6.01. The van der Waals surface area contributed by atoms with E-state index in [1.165, 1.54) is 38.8 Å². The van der Waals surface area contributed by atoms with Crippen molar-refractivity contribution in [2.45, 2.75) is 78.9 Å². The number of halogens is 1. The molecule has 2 aliphatic rings. The molecule has 0 aromatic carbocycles. The maximum absolute atomic E-state index is 9.55. The third-order valence-corrected chi connectivity index (χ3v) is 13.6. The van der Waals surface area contributed by atoms with Crippen LogP contribution >= 0.6 is 35.1 Å². The average molecular weight is 896 g/mol. The van der Waals surface area contributed by atoms with Crippen LogP contribution in [-0.4, -0.2) is 75.4 Å². The summed E-state index contributed by atoms with van der Waals surface area (Å²) in [6.45, 7) is 10.8. The van der Waals surface area contributed by atoms with E-state index in [2.05, 4.69) is 83.8 Å². The minimum Gasteiger partial charge on any atom is -0.317 e. The summed E-state index contributed by atoms with van der Waals surface area (Å²) in [5.74, 6) is 0. The molecule has 0 aliphatic carbocycles. The van der Waals surface area contributed by atoms with Crippen LogP contribution in [0.15, 0.2) is 107 Å². The van der Waals surface area contributed by atoms with E-state index in [-0.39, 0.29) is 5.25 Å². The average Bonchev–Trinajstić information content (AvgIpc) is 4.15. The Bertz CT molecular complexity index is 2850. The van der Waals surface area contributed by atoms with Gasteiger partial charge in [0.1, 0.15) is 12.1 Å². The fourth-order valence-electron chi connectivity index (χ4n) is 7.97. The molecule has 63 heavy (non-hydrogen) atoms. The van der Waals surface area contributed by atoms with Gasteiger partial charge in [-0.15, -0.1) is 11.8 Å². The number of rotatable bonds is 8. The van der Waals surface area contributed by atoms with E-state index in [0.29, 0.717) is 22.2 Å². The van der Waals surface area contributed by atoms with Crippen molar-refractivity contribution in [3.63, 3.8) is 0 Å². The fraction of sp³-hybridized carbons (Fsp3) is 0.304. The Morgan fingerprint density at radius 3 is 2.14 bits per heavy atom. The Kier molecular flexibility index (Phi) is 14.2. The summed E-state index contributed by atoms with van der Waals surface area (Å²) in [6, 6.07) is 13.0. The summed E-state index contributed by atoms with van der Waals surface area (Å²) in [5.41, 5.74) is 10.00. The van der Waals surface area contributed by atoms with Crippen molar-refractivity contribution in [2.24, 2.45) is 0 Å². The maximum atomic E-state index is 9.55. The summed E-state index contributed by atoms with van der Waals surface area (Å²) in [7, 11) is 0. The van der Waals surface area contributed by atoms with Gasteiger partial charge in [-0.25, -0.2) is 9.03 Å². The summed E-state index contributed by atoms with van der Waals surface area (Å²) in [6.07, 6.45) is 26.2. The van der Waals surface area contributed by atoms with Gasteiger partial charge in [0.15, 0.2) is 0 Å². The molecule has 3 N–H and O–H groups in total. The van der Waals surface area contributed by atoms with Gasteiger partial charge >= 0.3 is 0 Å². The lowest BCUT2D eigenvalue weighted by Crippen LogP contribution is -2.32. The number of nitriles is 2. The first-order valence-corrected chi connectivity index (χ1v) is 23.0. The fourth-order valence-corrected chi connectivity index (χ4v) is 10.7. The van der Waals surface area contributed by atoms with E-state index in [1.54, 1.807) is 63.5 Å². The highest BCUT2D eigenvalue weighted by Crippen LogP contribution is 2.43. The summed E-state index contributed by atoms with van der Waals surface area (Å²) in [4.78, 5) is 11.3. The van der Waals surface area contributed by atoms with Crippen LogP contribution in [-0.2, 0) is 0 Å². The number of piperidine rings is 2. The molecular formula is C46H47ClN14S2. The second-order valence-corrected chi connectivity index (χ2v) is 18.3. The Morgan fingerprint density at radius 2 is 1.52 bits per heavy atom. The number of nitrogens with zero attached hydrogens (tertiary/aromatic N) is 11. The largest absolute Gasteiger partial charge is 0.317 e. The van der Waals surface area contributed by atoms with Gasteiger partial charge < -0.3 is 10.6 Å². The number of aryl methyl sites for hydroxylation is 1. The van der Waals surface area contributed by atoms with E-state index < -0.39 is 0 Å². The van der Waals surface area contributed by atoms with Crippen molar-refractivity contribution in [3.8, 4) is 34.4 Å². The molecular weight excluding hydrogens is 848 g/mol. The van der Waals surface area contributed by atoms with Gasteiger partial charge in [-0.2, -0.15) is 30.9 Å². The molecule has 8 aromatic heterocycles. The second-order valence-electron chi connectivity index (χ2n) is 15.4. The lowest BCUT2D eigenvalue weighted by atomic mass is 10.1. The molecule has 2 aliphatic heterocycles. The van der Waals surface area contributed by atoms with Crippen LogP contribution < -0.4 is 10.6 Å². The first-order chi connectivity index (χ1) is 30.8. The highest BCUT2D eigenvalue weighted by atomic mass is 35.5. The van der Waals surface area contributed by atoms with Gasteiger partial charge in [0, 0.05) is 97.8 Å². The zero-order valence-corrected chi connectivity index (χ0v) is 37.7. The zero-order valence-electron chi connectivity index (χ0n) is 35.3. The van der Waals surface area contributed by atoms with Crippen LogP contribution in [0.3, 0.4) is 0 Å². The molecule has 2 atom stereocenters. The SMILES string of the molecule is C1CCNCC1.Cc1c(-c2cc(Sc3cccnc3)c3c(C#N)cnn3c2)cnn1C1CCCNC1.Cc1cncc(Cl)c1C(C)Sc1cc(-c2cn[nH]c2)cn2ncc(C#N)c12.